The number of aryl methyl sites for hydroxylation is 1. The molecule has 0 aliphatic heterocycles. The number of carbonyl (C=O) groups is 1. The molecular formula is C18H13Cl2N7OS. The zero-order valence-corrected chi connectivity index (χ0v) is 17.3. The van der Waals surface area contributed by atoms with Gasteiger partial charge in [-0.15, -0.1) is 15.3 Å². The number of nitrogens with zero attached hydrogens (tertiary/aromatic N) is 6. The van der Waals surface area contributed by atoms with Crippen LogP contribution in [0.15, 0.2) is 42.6 Å². The molecule has 3 heterocycles. The molecule has 1 N–H and O–H groups in total. The predicted octanol–water partition coefficient (Wildman–Crippen LogP) is 4.30. The number of amides is 1. The monoisotopic (exact) mass is 445 g/mol. The topological polar surface area (TPSA) is 98.5 Å². The number of carbonyl (C=O) groups excluding carboxylic acids is 1. The highest BCUT2D eigenvalue weighted by Crippen LogP contribution is 2.29. The smallest absolute Gasteiger partial charge is 0.294 e. The van der Waals surface area contributed by atoms with E-state index in [9.17, 15) is 4.79 Å². The number of benzene rings is 1. The summed E-state index contributed by atoms with van der Waals surface area (Å²) in [6.07, 6.45) is 2.20. The summed E-state index contributed by atoms with van der Waals surface area (Å²) in [5.41, 5.74) is 1.15. The maximum absolute atomic E-state index is 12.7. The lowest BCUT2D eigenvalue weighted by atomic mass is 10.3. The fraction of sp³-hybridized carbons (Fsp3) is 0.111. The van der Waals surface area contributed by atoms with Crippen molar-refractivity contribution in [3.63, 3.8) is 0 Å². The molecule has 0 bridgehead atoms. The summed E-state index contributed by atoms with van der Waals surface area (Å²) >= 11 is 13.8. The van der Waals surface area contributed by atoms with Crippen LogP contribution in [0, 0.1) is 0 Å². The van der Waals surface area contributed by atoms with Crippen molar-refractivity contribution in [3.05, 3.63) is 64.3 Å². The first kappa shape index (κ1) is 19.4. The largest absolute Gasteiger partial charge is 0.297 e. The van der Waals surface area contributed by atoms with Gasteiger partial charge in [0.05, 0.1) is 10.0 Å². The lowest BCUT2D eigenvalue weighted by molar-refractivity contribution is 0.101. The molecule has 4 rings (SSSR count). The molecule has 0 fully saturated rings. The number of hydrogen-bond acceptors (Lipinski definition) is 7. The highest BCUT2D eigenvalue weighted by atomic mass is 35.5. The summed E-state index contributed by atoms with van der Waals surface area (Å²) < 4.78 is 1.49. The minimum absolute atomic E-state index is 0.0209. The van der Waals surface area contributed by atoms with Gasteiger partial charge in [-0.25, -0.2) is 9.67 Å². The van der Waals surface area contributed by atoms with Crippen LogP contribution in [-0.4, -0.2) is 35.9 Å². The van der Waals surface area contributed by atoms with E-state index in [0.717, 1.165) is 0 Å². The van der Waals surface area contributed by atoms with Gasteiger partial charge in [-0.1, -0.05) is 53.6 Å². The van der Waals surface area contributed by atoms with Crippen molar-refractivity contribution in [2.24, 2.45) is 0 Å². The Morgan fingerprint density at radius 2 is 1.93 bits per heavy atom. The average Bonchev–Trinajstić information content (AvgIpc) is 3.36. The molecule has 0 aliphatic carbocycles. The van der Waals surface area contributed by atoms with Gasteiger partial charge < -0.3 is 0 Å². The summed E-state index contributed by atoms with van der Waals surface area (Å²) in [5.74, 6) is 0.0226. The first-order chi connectivity index (χ1) is 14.1. The molecule has 0 saturated heterocycles. The van der Waals surface area contributed by atoms with E-state index in [2.05, 4.69) is 30.6 Å². The van der Waals surface area contributed by atoms with Crippen molar-refractivity contribution >= 4 is 45.6 Å². The Labute approximate surface area is 179 Å². The molecule has 0 radical (unpaired) electrons. The van der Waals surface area contributed by atoms with E-state index in [1.807, 2.05) is 25.1 Å². The molecule has 29 heavy (non-hydrogen) atoms. The molecular weight excluding hydrogens is 433 g/mol. The fourth-order valence-electron chi connectivity index (χ4n) is 2.56. The van der Waals surface area contributed by atoms with E-state index in [1.165, 1.54) is 16.0 Å². The highest BCUT2D eigenvalue weighted by Gasteiger charge is 2.21. The third-order valence-corrected chi connectivity index (χ3v) is 5.34. The van der Waals surface area contributed by atoms with Gasteiger partial charge >= 0.3 is 0 Å². The van der Waals surface area contributed by atoms with Crippen molar-refractivity contribution in [2.45, 2.75) is 13.3 Å². The van der Waals surface area contributed by atoms with Crippen molar-refractivity contribution in [1.29, 1.82) is 0 Å². The van der Waals surface area contributed by atoms with Gasteiger partial charge in [0.25, 0.3) is 5.91 Å². The van der Waals surface area contributed by atoms with Crippen LogP contribution < -0.4 is 5.32 Å². The van der Waals surface area contributed by atoms with Gasteiger partial charge in [-0.2, -0.15) is 0 Å². The molecule has 0 aliphatic rings. The molecule has 146 valence electrons. The lowest BCUT2D eigenvalue weighted by Gasteiger charge is -2.08. The summed E-state index contributed by atoms with van der Waals surface area (Å²) in [4.78, 5) is 21.2. The molecule has 0 atom stereocenters. The van der Waals surface area contributed by atoms with E-state index in [-0.39, 0.29) is 5.82 Å². The van der Waals surface area contributed by atoms with Crippen LogP contribution in [0.25, 0.3) is 16.4 Å². The highest BCUT2D eigenvalue weighted by molar-refractivity contribution is 7.18. The van der Waals surface area contributed by atoms with Gasteiger partial charge in [0.15, 0.2) is 5.01 Å². The predicted molar refractivity (Wildman–Crippen MR) is 112 cm³/mol. The van der Waals surface area contributed by atoms with Crippen LogP contribution >= 0.6 is 34.5 Å². The third-order valence-electron chi connectivity index (χ3n) is 3.87. The molecule has 0 spiro atoms. The number of nitrogens with one attached hydrogen (secondary N) is 1. The molecule has 0 saturated carbocycles. The van der Waals surface area contributed by atoms with Crippen LogP contribution in [0.5, 0.6) is 0 Å². The Bertz CT molecular complexity index is 1160. The van der Waals surface area contributed by atoms with Crippen LogP contribution in [0.1, 0.15) is 23.4 Å². The molecule has 3 aromatic heterocycles. The molecule has 11 heteroatoms. The minimum atomic E-state index is -0.509. The molecule has 0 unspecified atom stereocenters. The van der Waals surface area contributed by atoms with Gasteiger partial charge in [0, 0.05) is 12.6 Å². The maximum Gasteiger partial charge on any atom is 0.297 e. The van der Waals surface area contributed by atoms with Crippen LogP contribution in [0.4, 0.5) is 5.13 Å². The third kappa shape index (κ3) is 3.98. The average molecular weight is 446 g/mol. The Balaban J connectivity index is 1.60. The summed E-state index contributed by atoms with van der Waals surface area (Å²) in [7, 11) is 0. The van der Waals surface area contributed by atoms with E-state index >= 15 is 0 Å². The zero-order valence-electron chi connectivity index (χ0n) is 15.0. The Morgan fingerprint density at radius 1 is 1.14 bits per heavy atom. The standard InChI is InChI=1S/C18H13Cl2N7OS/c1-2-13-22-15(26-27(13)14-10(19)6-5-7-11(14)20)16(28)23-18-25-24-17(29-18)12-8-3-4-9-21-12/h3-9H,2H2,1H3,(H,23,25,28). The number of rotatable bonds is 5. The normalized spacial score (nSPS) is 10.9. The number of halogens is 2. The Kier molecular flexibility index (Phi) is 5.52. The molecule has 1 aromatic carbocycles. The second kappa shape index (κ2) is 8.24. The van der Waals surface area contributed by atoms with Crippen molar-refractivity contribution in [1.82, 2.24) is 29.9 Å². The van der Waals surface area contributed by atoms with Crippen molar-refractivity contribution in [3.8, 4) is 16.4 Å². The van der Waals surface area contributed by atoms with Crippen LogP contribution in [0.3, 0.4) is 0 Å². The zero-order chi connectivity index (χ0) is 20.4. The van der Waals surface area contributed by atoms with Gasteiger partial charge in [0.1, 0.15) is 17.2 Å². The molecule has 1 amide bonds. The van der Waals surface area contributed by atoms with E-state index in [4.69, 9.17) is 23.2 Å². The second-order valence-corrected chi connectivity index (χ2v) is 7.56. The van der Waals surface area contributed by atoms with Crippen LogP contribution in [-0.2, 0) is 6.42 Å². The maximum atomic E-state index is 12.7. The van der Waals surface area contributed by atoms with E-state index < -0.39 is 5.91 Å². The van der Waals surface area contributed by atoms with Gasteiger partial charge in [0.2, 0.25) is 11.0 Å². The van der Waals surface area contributed by atoms with E-state index in [1.54, 1.807) is 24.4 Å². The first-order valence-corrected chi connectivity index (χ1v) is 10.1. The first-order valence-electron chi connectivity index (χ1n) is 8.53. The Hall–Kier alpha value is -2.88. The number of hydrogen-bond donors (Lipinski definition) is 1. The number of pyridine rings is 1. The number of aromatic nitrogens is 6. The minimum Gasteiger partial charge on any atom is -0.294 e. The van der Waals surface area contributed by atoms with Gasteiger partial charge in [-0.05, 0) is 24.3 Å². The van der Waals surface area contributed by atoms with Crippen LogP contribution in [0.2, 0.25) is 10.0 Å². The fourth-order valence-corrected chi connectivity index (χ4v) is 3.83. The lowest BCUT2D eigenvalue weighted by Crippen LogP contribution is -2.14. The van der Waals surface area contributed by atoms with E-state index in [0.29, 0.717) is 43.8 Å². The van der Waals surface area contributed by atoms with Crippen molar-refractivity contribution in [2.75, 3.05) is 5.32 Å². The van der Waals surface area contributed by atoms with Crippen molar-refractivity contribution < 1.29 is 4.79 Å². The number of anilines is 1. The molecule has 8 nitrogen and oxygen atoms in total. The molecule has 4 aromatic rings. The second-order valence-electron chi connectivity index (χ2n) is 5.77. The van der Waals surface area contributed by atoms with Gasteiger partial charge in [-0.3, -0.25) is 15.1 Å². The summed E-state index contributed by atoms with van der Waals surface area (Å²) in [6, 6.07) is 10.6. The summed E-state index contributed by atoms with van der Waals surface area (Å²) in [6.45, 7) is 1.90. The SMILES string of the molecule is CCc1nc(C(=O)Nc2nnc(-c3ccccn3)s2)nn1-c1c(Cl)cccc1Cl. The number of para-hydroxylation sites is 1. The Morgan fingerprint density at radius 3 is 2.62 bits per heavy atom. The summed E-state index contributed by atoms with van der Waals surface area (Å²) in [5, 5.41) is 16.7. The quantitative estimate of drug-likeness (QED) is 0.491.